The van der Waals surface area contributed by atoms with E-state index in [-0.39, 0.29) is 24.2 Å². The molecule has 0 aliphatic carbocycles. The SMILES string of the molecule is CC(C)[C@H](N)C(=O)N(C)Cc1cccc(Cl)c1Cl.Cl. The number of likely N-dealkylation sites (N-methyl/N-ethyl adjacent to an activating group) is 1. The van der Waals surface area contributed by atoms with Gasteiger partial charge < -0.3 is 10.6 Å². The molecule has 6 heteroatoms. The molecular formula is C13H19Cl3N2O. The van der Waals surface area contributed by atoms with Gasteiger partial charge in [0.15, 0.2) is 0 Å². The first-order valence-corrected chi connectivity index (χ1v) is 6.53. The maximum absolute atomic E-state index is 12.0. The van der Waals surface area contributed by atoms with Gasteiger partial charge in [0.1, 0.15) is 0 Å². The summed E-state index contributed by atoms with van der Waals surface area (Å²) in [5.74, 6) is 0.0100. The number of carbonyl (C=O) groups is 1. The average molecular weight is 326 g/mol. The van der Waals surface area contributed by atoms with Crippen LogP contribution < -0.4 is 5.73 Å². The predicted octanol–water partition coefficient (Wildman–Crippen LogP) is 3.36. The topological polar surface area (TPSA) is 46.3 Å². The molecule has 1 rings (SSSR count). The summed E-state index contributed by atoms with van der Waals surface area (Å²) in [5, 5.41) is 0.972. The minimum atomic E-state index is -0.493. The number of benzene rings is 1. The summed E-state index contributed by atoms with van der Waals surface area (Å²) in [6.07, 6.45) is 0. The van der Waals surface area contributed by atoms with E-state index in [9.17, 15) is 4.79 Å². The van der Waals surface area contributed by atoms with Crippen molar-refractivity contribution in [1.29, 1.82) is 0 Å². The molecule has 0 bridgehead atoms. The second-order valence-corrected chi connectivity index (χ2v) is 5.46. The van der Waals surface area contributed by atoms with Crippen molar-refractivity contribution in [3.8, 4) is 0 Å². The van der Waals surface area contributed by atoms with E-state index in [1.54, 1.807) is 18.0 Å². The van der Waals surface area contributed by atoms with Crippen molar-refractivity contribution in [2.24, 2.45) is 11.7 Å². The van der Waals surface area contributed by atoms with Crippen LogP contribution in [0.5, 0.6) is 0 Å². The van der Waals surface area contributed by atoms with Gasteiger partial charge in [0, 0.05) is 13.6 Å². The largest absolute Gasteiger partial charge is 0.340 e. The van der Waals surface area contributed by atoms with E-state index in [0.29, 0.717) is 16.6 Å². The van der Waals surface area contributed by atoms with E-state index in [1.807, 2.05) is 26.0 Å². The van der Waals surface area contributed by atoms with Crippen molar-refractivity contribution < 1.29 is 4.79 Å². The number of carbonyl (C=O) groups excluding carboxylic acids is 1. The van der Waals surface area contributed by atoms with Crippen molar-refractivity contribution in [2.45, 2.75) is 26.4 Å². The molecule has 0 saturated carbocycles. The molecule has 1 aromatic carbocycles. The Kier molecular flexibility index (Phi) is 7.75. The molecule has 19 heavy (non-hydrogen) atoms. The number of rotatable bonds is 4. The minimum Gasteiger partial charge on any atom is -0.340 e. The van der Waals surface area contributed by atoms with E-state index in [2.05, 4.69) is 0 Å². The fraction of sp³-hybridized carbons (Fsp3) is 0.462. The summed E-state index contributed by atoms with van der Waals surface area (Å²) in [6, 6.07) is 4.88. The van der Waals surface area contributed by atoms with Crippen LogP contribution >= 0.6 is 35.6 Å². The molecule has 3 nitrogen and oxygen atoms in total. The lowest BCUT2D eigenvalue weighted by molar-refractivity contribution is -0.132. The fourth-order valence-corrected chi connectivity index (χ4v) is 1.92. The molecule has 1 atom stereocenters. The second kappa shape index (κ2) is 7.95. The van der Waals surface area contributed by atoms with Gasteiger partial charge in [-0.2, -0.15) is 0 Å². The highest BCUT2D eigenvalue weighted by atomic mass is 35.5. The molecule has 0 aliphatic rings. The van der Waals surface area contributed by atoms with Crippen molar-refractivity contribution in [1.82, 2.24) is 4.90 Å². The van der Waals surface area contributed by atoms with E-state index in [4.69, 9.17) is 28.9 Å². The summed E-state index contributed by atoms with van der Waals surface area (Å²) in [5.41, 5.74) is 6.65. The third-order valence-electron chi connectivity index (χ3n) is 2.82. The molecule has 0 unspecified atom stereocenters. The van der Waals surface area contributed by atoms with Crippen LogP contribution in [0.15, 0.2) is 18.2 Å². The van der Waals surface area contributed by atoms with Crippen molar-refractivity contribution in [3.05, 3.63) is 33.8 Å². The van der Waals surface area contributed by atoms with Gasteiger partial charge in [-0.05, 0) is 17.5 Å². The first-order valence-electron chi connectivity index (χ1n) is 5.78. The number of nitrogens with zero attached hydrogens (tertiary/aromatic N) is 1. The Labute approximate surface area is 130 Å². The minimum absolute atomic E-state index is 0. The van der Waals surface area contributed by atoms with Crippen LogP contribution in [0.4, 0.5) is 0 Å². The molecule has 0 radical (unpaired) electrons. The quantitative estimate of drug-likeness (QED) is 0.922. The van der Waals surface area contributed by atoms with Crippen LogP contribution in [0.25, 0.3) is 0 Å². The molecule has 0 spiro atoms. The Morgan fingerprint density at radius 2 is 1.95 bits per heavy atom. The summed E-state index contributed by atoms with van der Waals surface area (Å²) in [4.78, 5) is 13.6. The molecule has 0 aliphatic heterocycles. The number of amides is 1. The van der Waals surface area contributed by atoms with Crippen molar-refractivity contribution >= 4 is 41.5 Å². The van der Waals surface area contributed by atoms with Crippen LogP contribution in [0.2, 0.25) is 10.0 Å². The Morgan fingerprint density at radius 1 is 1.37 bits per heavy atom. The first kappa shape index (κ1) is 18.5. The van der Waals surface area contributed by atoms with Gasteiger partial charge in [-0.25, -0.2) is 0 Å². The van der Waals surface area contributed by atoms with Crippen LogP contribution in [-0.2, 0) is 11.3 Å². The maximum Gasteiger partial charge on any atom is 0.239 e. The molecule has 0 heterocycles. The average Bonchev–Trinajstić information content (AvgIpc) is 2.32. The van der Waals surface area contributed by atoms with E-state index in [0.717, 1.165) is 5.56 Å². The van der Waals surface area contributed by atoms with Crippen LogP contribution in [-0.4, -0.2) is 23.9 Å². The molecule has 0 saturated heterocycles. The normalized spacial score (nSPS) is 11.9. The molecular weight excluding hydrogens is 307 g/mol. The zero-order valence-electron chi connectivity index (χ0n) is 11.2. The Morgan fingerprint density at radius 3 is 2.47 bits per heavy atom. The van der Waals surface area contributed by atoms with E-state index in [1.165, 1.54) is 0 Å². The van der Waals surface area contributed by atoms with E-state index >= 15 is 0 Å². The number of halogens is 3. The lowest BCUT2D eigenvalue weighted by Gasteiger charge is -2.24. The monoisotopic (exact) mass is 324 g/mol. The van der Waals surface area contributed by atoms with Crippen molar-refractivity contribution in [2.75, 3.05) is 7.05 Å². The molecule has 0 fully saturated rings. The van der Waals surface area contributed by atoms with Gasteiger partial charge in [0.05, 0.1) is 16.1 Å². The summed E-state index contributed by atoms with van der Waals surface area (Å²) < 4.78 is 0. The van der Waals surface area contributed by atoms with Gasteiger partial charge in [-0.1, -0.05) is 49.2 Å². The molecule has 2 N–H and O–H groups in total. The first-order chi connectivity index (χ1) is 8.34. The third kappa shape index (κ3) is 4.84. The molecule has 1 amide bonds. The van der Waals surface area contributed by atoms with Gasteiger partial charge in [-0.15, -0.1) is 12.4 Å². The Balaban J connectivity index is 0.00000324. The standard InChI is InChI=1S/C13H18Cl2N2O.ClH/c1-8(2)12(16)13(18)17(3)7-9-5-4-6-10(14)11(9)15;/h4-6,8,12H,7,16H2,1-3H3;1H/t12-;/m0./s1. The lowest BCUT2D eigenvalue weighted by Crippen LogP contribution is -2.44. The zero-order valence-corrected chi connectivity index (χ0v) is 13.5. The predicted molar refractivity (Wildman–Crippen MR) is 83.0 cm³/mol. The van der Waals surface area contributed by atoms with Crippen LogP contribution in [0.3, 0.4) is 0 Å². The van der Waals surface area contributed by atoms with Gasteiger partial charge >= 0.3 is 0 Å². The van der Waals surface area contributed by atoms with Crippen LogP contribution in [0, 0.1) is 5.92 Å². The molecule has 108 valence electrons. The van der Waals surface area contributed by atoms with Gasteiger partial charge in [0.25, 0.3) is 0 Å². The highest BCUT2D eigenvalue weighted by Crippen LogP contribution is 2.26. The highest BCUT2D eigenvalue weighted by molar-refractivity contribution is 6.42. The number of hydrogen-bond acceptors (Lipinski definition) is 2. The van der Waals surface area contributed by atoms with Crippen LogP contribution in [0.1, 0.15) is 19.4 Å². The Bertz CT molecular complexity index is 438. The number of hydrogen-bond donors (Lipinski definition) is 1. The zero-order chi connectivity index (χ0) is 13.9. The summed E-state index contributed by atoms with van der Waals surface area (Å²) in [7, 11) is 1.71. The van der Waals surface area contributed by atoms with Crippen molar-refractivity contribution in [3.63, 3.8) is 0 Å². The summed E-state index contributed by atoms with van der Waals surface area (Å²) in [6.45, 7) is 4.24. The molecule has 1 aromatic rings. The smallest absolute Gasteiger partial charge is 0.239 e. The Hall–Kier alpha value is -0.480. The van der Waals surface area contributed by atoms with E-state index < -0.39 is 6.04 Å². The summed E-state index contributed by atoms with van der Waals surface area (Å²) >= 11 is 12.0. The molecule has 0 aromatic heterocycles. The fourth-order valence-electron chi connectivity index (χ4n) is 1.54. The van der Waals surface area contributed by atoms with Gasteiger partial charge in [-0.3, -0.25) is 4.79 Å². The second-order valence-electron chi connectivity index (χ2n) is 4.68. The van der Waals surface area contributed by atoms with Gasteiger partial charge in [0.2, 0.25) is 5.91 Å². The highest BCUT2D eigenvalue weighted by Gasteiger charge is 2.21. The number of nitrogens with two attached hydrogens (primary N) is 1. The maximum atomic E-state index is 12.0. The third-order valence-corrected chi connectivity index (χ3v) is 3.68. The lowest BCUT2D eigenvalue weighted by atomic mass is 10.0.